The van der Waals surface area contributed by atoms with Gasteiger partial charge >= 0.3 is 5.97 Å². The lowest BCUT2D eigenvalue weighted by Gasteiger charge is -2.03. The molecule has 0 aromatic heterocycles. The van der Waals surface area contributed by atoms with Crippen LogP contribution in [0.5, 0.6) is 0 Å². The quantitative estimate of drug-likeness (QED) is 0.121. The van der Waals surface area contributed by atoms with E-state index in [-0.39, 0.29) is 12.5 Å². The predicted octanol–water partition coefficient (Wildman–Crippen LogP) is 5.16. The van der Waals surface area contributed by atoms with Crippen molar-refractivity contribution < 1.29 is 14.7 Å². The summed E-state index contributed by atoms with van der Waals surface area (Å²) in [6, 6.07) is 14.1. The van der Waals surface area contributed by atoms with Crippen molar-refractivity contribution in [2.75, 3.05) is 26.2 Å². The molecule has 0 bridgehead atoms. The molecule has 0 radical (unpaired) electrons. The Balaban J connectivity index is 0.000000520. The Kier molecular flexibility index (Phi) is 17.8. The highest BCUT2D eigenvalue weighted by Crippen LogP contribution is 2.08. The highest BCUT2D eigenvalue weighted by atomic mass is 79.9. The molecule has 2 aromatic rings. The van der Waals surface area contributed by atoms with Crippen molar-refractivity contribution in [3.8, 4) is 0 Å². The van der Waals surface area contributed by atoms with Crippen molar-refractivity contribution in [2.45, 2.75) is 10.7 Å². The first-order valence-electron chi connectivity index (χ1n) is 9.46. The SMILES string of the molecule is O=C(O)c1ccc(CBr)cc1.[N-]=[N+]=NCCN.[N-]=[N+]=NCCNC(=O)c1ccc(CBr)cc1. The minimum absolute atomic E-state index is 0.158. The second-order valence-corrected chi connectivity index (χ2v) is 7.04. The van der Waals surface area contributed by atoms with Gasteiger partial charge in [-0.05, 0) is 53.0 Å². The van der Waals surface area contributed by atoms with Crippen LogP contribution >= 0.6 is 31.9 Å². The highest BCUT2D eigenvalue weighted by molar-refractivity contribution is 9.08. The van der Waals surface area contributed by atoms with Gasteiger partial charge in [0.15, 0.2) is 0 Å². The molecule has 4 N–H and O–H groups in total. The van der Waals surface area contributed by atoms with Crippen LogP contribution in [-0.4, -0.2) is 43.2 Å². The molecule has 176 valence electrons. The number of hydrogen-bond donors (Lipinski definition) is 3. The fraction of sp³-hybridized carbons (Fsp3) is 0.300. The molecule has 0 aliphatic heterocycles. The Morgan fingerprint density at radius 3 is 1.70 bits per heavy atom. The van der Waals surface area contributed by atoms with E-state index >= 15 is 0 Å². The van der Waals surface area contributed by atoms with Crippen molar-refractivity contribution in [1.82, 2.24) is 5.32 Å². The summed E-state index contributed by atoms with van der Waals surface area (Å²) in [5, 5.41) is 19.2. The Bertz CT molecular complexity index is 943. The van der Waals surface area contributed by atoms with Crippen LogP contribution in [0, 0.1) is 0 Å². The second kappa shape index (κ2) is 19.6. The molecule has 0 unspecified atom stereocenters. The number of carboxylic acids is 1. The van der Waals surface area contributed by atoms with E-state index in [0.29, 0.717) is 30.8 Å². The molecule has 2 aromatic carbocycles. The first-order chi connectivity index (χ1) is 15.9. The molecular weight excluding hydrogens is 560 g/mol. The predicted molar refractivity (Wildman–Crippen MR) is 135 cm³/mol. The second-order valence-electron chi connectivity index (χ2n) is 5.92. The molecule has 0 saturated heterocycles. The van der Waals surface area contributed by atoms with Gasteiger partial charge < -0.3 is 16.2 Å². The molecule has 0 saturated carbocycles. The third-order valence-electron chi connectivity index (χ3n) is 3.58. The van der Waals surface area contributed by atoms with E-state index in [2.05, 4.69) is 57.2 Å². The van der Waals surface area contributed by atoms with Crippen molar-refractivity contribution in [3.63, 3.8) is 0 Å². The van der Waals surface area contributed by atoms with E-state index in [4.69, 9.17) is 21.9 Å². The van der Waals surface area contributed by atoms with Gasteiger partial charge in [0.1, 0.15) is 0 Å². The summed E-state index contributed by atoms with van der Waals surface area (Å²) in [6.45, 7) is 1.45. The fourth-order valence-corrected chi connectivity index (χ4v) is 2.70. The maximum atomic E-state index is 11.5. The zero-order valence-electron chi connectivity index (χ0n) is 17.6. The number of nitrogens with two attached hydrogens (primary N) is 1. The lowest BCUT2D eigenvalue weighted by atomic mass is 10.1. The Morgan fingerprint density at radius 1 is 0.879 bits per heavy atom. The Hall–Kier alpha value is -3.08. The highest BCUT2D eigenvalue weighted by Gasteiger charge is 2.03. The van der Waals surface area contributed by atoms with E-state index < -0.39 is 5.97 Å². The van der Waals surface area contributed by atoms with Crippen molar-refractivity contribution in [1.29, 1.82) is 0 Å². The first kappa shape index (κ1) is 29.9. The normalized spacial score (nSPS) is 8.94. The van der Waals surface area contributed by atoms with Gasteiger partial charge in [-0.3, -0.25) is 4.79 Å². The van der Waals surface area contributed by atoms with Gasteiger partial charge in [-0.1, -0.05) is 66.4 Å². The molecule has 33 heavy (non-hydrogen) atoms. The van der Waals surface area contributed by atoms with E-state index in [9.17, 15) is 9.59 Å². The van der Waals surface area contributed by atoms with E-state index in [1.54, 1.807) is 36.4 Å². The standard InChI is InChI=1S/C10H11BrN4O.C8H7BrO2.C2H6N4/c11-7-8-1-3-9(4-2-8)10(16)13-5-6-14-15-12;9-5-6-1-3-7(4-2-6)8(10)11;3-1-2-5-6-4/h1-4H,5-7H2,(H,13,16);1-4H,5H2,(H,10,11);1-3H2. The minimum atomic E-state index is -0.883. The minimum Gasteiger partial charge on any atom is -0.478 e. The molecule has 11 nitrogen and oxygen atoms in total. The third kappa shape index (κ3) is 14.6. The smallest absolute Gasteiger partial charge is 0.335 e. The Labute approximate surface area is 207 Å². The number of hydrogen-bond acceptors (Lipinski definition) is 5. The Morgan fingerprint density at radius 2 is 1.33 bits per heavy atom. The molecule has 0 aliphatic carbocycles. The van der Waals surface area contributed by atoms with Crippen LogP contribution in [0.15, 0.2) is 58.8 Å². The number of halogens is 2. The first-order valence-corrected chi connectivity index (χ1v) is 11.7. The largest absolute Gasteiger partial charge is 0.478 e. The molecule has 0 fully saturated rings. The number of aromatic carboxylic acids is 1. The van der Waals surface area contributed by atoms with Gasteiger partial charge in [-0.15, -0.1) is 0 Å². The average Bonchev–Trinajstić information content (AvgIpc) is 2.86. The number of azide groups is 2. The molecule has 0 spiro atoms. The number of nitrogens with zero attached hydrogens (tertiary/aromatic N) is 6. The van der Waals surface area contributed by atoms with Gasteiger partial charge in [-0.2, -0.15) is 0 Å². The average molecular weight is 584 g/mol. The number of carbonyl (C=O) groups excluding carboxylic acids is 1. The summed E-state index contributed by atoms with van der Waals surface area (Å²) in [5.41, 5.74) is 23.7. The van der Waals surface area contributed by atoms with Gasteiger partial charge in [0, 0.05) is 45.7 Å². The summed E-state index contributed by atoms with van der Waals surface area (Å²) in [5.74, 6) is -1.04. The van der Waals surface area contributed by atoms with Crippen LogP contribution in [0.4, 0.5) is 0 Å². The summed E-state index contributed by atoms with van der Waals surface area (Å²) < 4.78 is 0. The number of benzene rings is 2. The summed E-state index contributed by atoms with van der Waals surface area (Å²) in [4.78, 5) is 27.0. The van der Waals surface area contributed by atoms with Crippen molar-refractivity contribution in [3.05, 3.63) is 91.7 Å². The van der Waals surface area contributed by atoms with Crippen LogP contribution in [0.3, 0.4) is 0 Å². The maximum Gasteiger partial charge on any atom is 0.335 e. The van der Waals surface area contributed by atoms with Crippen molar-refractivity contribution in [2.24, 2.45) is 16.0 Å². The fourth-order valence-electron chi connectivity index (χ4n) is 1.95. The zero-order valence-corrected chi connectivity index (χ0v) is 20.8. The summed E-state index contributed by atoms with van der Waals surface area (Å²) in [6.07, 6.45) is 0. The molecule has 2 rings (SSSR count). The number of carboxylic acid groups (broad SMARTS) is 1. The third-order valence-corrected chi connectivity index (χ3v) is 4.87. The lowest BCUT2D eigenvalue weighted by Crippen LogP contribution is -2.25. The number of alkyl halides is 2. The molecule has 0 atom stereocenters. The monoisotopic (exact) mass is 582 g/mol. The summed E-state index contributed by atoms with van der Waals surface area (Å²) in [7, 11) is 0. The summed E-state index contributed by atoms with van der Waals surface area (Å²) >= 11 is 6.60. The lowest BCUT2D eigenvalue weighted by molar-refractivity contribution is 0.0696. The zero-order chi connectivity index (χ0) is 24.9. The molecule has 1 amide bonds. The van der Waals surface area contributed by atoms with E-state index in [1.807, 2.05) is 12.1 Å². The van der Waals surface area contributed by atoms with Gasteiger partial charge in [-0.25, -0.2) is 4.79 Å². The van der Waals surface area contributed by atoms with E-state index in [1.165, 1.54) is 0 Å². The molecule has 0 aliphatic rings. The number of carbonyl (C=O) groups is 2. The topological polar surface area (TPSA) is 190 Å². The maximum absolute atomic E-state index is 11.5. The van der Waals surface area contributed by atoms with Crippen LogP contribution in [-0.2, 0) is 10.7 Å². The number of rotatable bonds is 9. The van der Waals surface area contributed by atoms with Gasteiger partial charge in [0.2, 0.25) is 0 Å². The number of amides is 1. The molecular formula is C20H24Br2N8O3. The molecule has 13 heteroatoms. The number of nitrogens with one attached hydrogen (secondary N) is 1. The van der Waals surface area contributed by atoms with Crippen LogP contribution in [0.2, 0.25) is 0 Å². The molecule has 0 heterocycles. The van der Waals surface area contributed by atoms with Gasteiger partial charge in [0.05, 0.1) is 5.56 Å². The van der Waals surface area contributed by atoms with E-state index in [0.717, 1.165) is 21.8 Å². The van der Waals surface area contributed by atoms with Crippen LogP contribution in [0.25, 0.3) is 20.9 Å². The van der Waals surface area contributed by atoms with Crippen LogP contribution < -0.4 is 11.1 Å². The van der Waals surface area contributed by atoms with Crippen LogP contribution in [0.1, 0.15) is 31.8 Å². The van der Waals surface area contributed by atoms with Crippen molar-refractivity contribution >= 4 is 43.7 Å². The van der Waals surface area contributed by atoms with Gasteiger partial charge in [0.25, 0.3) is 5.91 Å².